The number of rotatable bonds is 4. The Hall–Kier alpha value is -0.650. The van der Waals surface area contributed by atoms with Crippen molar-refractivity contribution < 1.29 is 12.8 Å². The molecule has 2 rings (SSSR count). The third-order valence-electron chi connectivity index (χ3n) is 2.37. The van der Waals surface area contributed by atoms with Crippen LogP contribution in [-0.4, -0.2) is 14.5 Å². The van der Waals surface area contributed by atoms with E-state index in [1.807, 2.05) is 0 Å². The maximum Gasteiger partial charge on any atom is 0.240 e. The predicted octanol–water partition coefficient (Wildman–Crippen LogP) is 2.01. The first-order chi connectivity index (χ1) is 7.53. The van der Waals surface area contributed by atoms with E-state index in [4.69, 9.17) is 11.6 Å². The van der Waals surface area contributed by atoms with Crippen LogP contribution in [0.15, 0.2) is 23.1 Å². The minimum absolute atomic E-state index is 0.0366. The minimum Gasteiger partial charge on any atom is -0.208 e. The van der Waals surface area contributed by atoms with Crippen LogP contribution in [0.4, 0.5) is 4.39 Å². The molecule has 0 unspecified atom stereocenters. The summed E-state index contributed by atoms with van der Waals surface area (Å²) in [6, 6.07) is 3.68. The molecule has 0 spiro atoms. The summed E-state index contributed by atoms with van der Waals surface area (Å²) in [4.78, 5) is 0.0662. The van der Waals surface area contributed by atoms with E-state index in [1.54, 1.807) is 0 Å². The van der Waals surface area contributed by atoms with E-state index in [0.29, 0.717) is 0 Å². The molecule has 0 bridgehead atoms. The molecule has 1 aliphatic rings. The van der Waals surface area contributed by atoms with Gasteiger partial charge >= 0.3 is 0 Å². The molecule has 88 valence electrons. The molecule has 3 nitrogen and oxygen atoms in total. The Balaban J connectivity index is 2.31. The molecule has 1 N–H and O–H groups in total. The summed E-state index contributed by atoms with van der Waals surface area (Å²) in [5.41, 5.74) is 0.195. The second-order valence-electron chi connectivity index (χ2n) is 3.78. The molecule has 0 heterocycles. The lowest BCUT2D eigenvalue weighted by Gasteiger charge is -2.07. The smallest absolute Gasteiger partial charge is 0.208 e. The Morgan fingerprint density at radius 3 is 2.69 bits per heavy atom. The van der Waals surface area contributed by atoms with E-state index in [0.717, 1.165) is 18.9 Å². The van der Waals surface area contributed by atoms with Crippen molar-refractivity contribution in [3.63, 3.8) is 0 Å². The Kier molecular flexibility index (Phi) is 3.19. The van der Waals surface area contributed by atoms with Crippen molar-refractivity contribution in [3.8, 4) is 0 Å². The van der Waals surface area contributed by atoms with Gasteiger partial charge in [0.25, 0.3) is 0 Å². The maximum atomic E-state index is 13.1. The number of alkyl halides is 1. The van der Waals surface area contributed by atoms with Gasteiger partial charge in [-0.3, -0.25) is 0 Å². The number of hydrogen-bond donors (Lipinski definition) is 1. The highest BCUT2D eigenvalue weighted by Gasteiger charge is 2.28. The highest BCUT2D eigenvalue weighted by molar-refractivity contribution is 7.89. The second kappa shape index (κ2) is 4.31. The quantitative estimate of drug-likeness (QED) is 0.845. The van der Waals surface area contributed by atoms with Crippen LogP contribution in [0.1, 0.15) is 18.4 Å². The van der Waals surface area contributed by atoms with Crippen LogP contribution >= 0.6 is 11.6 Å². The SMILES string of the molecule is O=S(=O)(NC1CC1)c1ccc(F)c(CCl)c1. The zero-order valence-electron chi connectivity index (χ0n) is 8.41. The topological polar surface area (TPSA) is 46.2 Å². The van der Waals surface area contributed by atoms with Crippen LogP contribution in [0.5, 0.6) is 0 Å². The van der Waals surface area contributed by atoms with E-state index in [-0.39, 0.29) is 22.4 Å². The lowest BCUT2D eigenvalue weighted by molar-refractivity contribution is 0.579. The molecule has 0 atom stereocenters. The highest BCUT2D eigenvalue weighted by atomic mass is 35.5. The zero-order chi connectivity index (χ0) is 11.8. The standard InChI is InChI=1S/C10H11ClFNO2S/c11-6-7-5-9(3-4-10(7)12)16(14,15)13-8-1-2-8/h3-5,8,13H,1-2,6H2. The molecule has 1 aliphatic carbocycles. The number of halogens is 2. The van der Waals surface area contributed by atoms with E-state index in [1.165, 1.54) is 12.1 Å². The number of benzene rings is 1. The summed E-state index contributed by atoms with van der Waals surface area (Å²) in [5.74, 6) is -0.529. The Bertz CT molecular complexity index is 500. The first kappa shape index (κ1) is 11.8. The molecule has 1 saturated carbocycles. The monoisotopic (exact) mass is 263 g/mol. The fraction of sp³-hybridized carbons (Fsp3) is 0.400. The Labute approximate surface area is 98.7 Å². The van der Waals surface area contributed by atoms with Gasteiger partial charge in [-0.25, -0.2) is 17.5 Å². The summed E-state index contributed by atoms with van der Waals surface area (Å²) in [6.07, 6.45) is 1.73. The van der Waals surface area contributed by atoms with E-state index < -0.39 is 15.8 Å². The first-order valence-electron chi connectivity index (χ1n) is 4.89. The molecule has 1 aromatic rings. The normalized spacial score (nSPS) is 16.4. The summed E-state index contributed by atoms with van der Waals surface area (Å²) in [7, 11) is -3.52. The third-order valence-corrected chi connectivity index (χ3v) is 4.18. The Morgan fingerprint density at radius 2 is 2.12 bits per heavy atom. The van der Waals surface area contributed by atoms with Gasteiger partial charge in [0.05, 0.1) is 10.8 Å². The number of sulfonamides is 1. The fourth-order valence-corrected chi connectivity index (χ4v) is 2.87. The highest BCUT2D eigenvalue weighted by Crippen LogP contribution is 2.23. The van der Waals surface area contributed by atoms with Crippen molar-refractivity contribution in [3.05, 3.63) is 29.6 Å². The van der Waals surface area contributed by atoms with Gasteiger partial charge in [0.2, 0.25) is 10.0 Å². The molecule has 0 aliphatic heterocycles. The molecule has 1 aromatic carbocycles. The van der Waals surface area contributed by atoms with Crippen LogP contribution in [0.2, 0.25) is 0 Å². The van der Waals surface area contributed by atoms with Crippen LogP contribution in [0.3, 0.4) is 0 Å². The van der Waals surface area contributed by atoms with Crippen LogP contribution < -0.4 is 4.72 Å². The van der Waals surface area contributed by atoms with Crippen molar-refractivity contribution >= 4 is 21.6 Å². The summed E-state index contributed by atoms with van der Waals surface area (Å²) in [6.45, 7) is 0. The van der Waals surface area contributed by atoms with Crippen LogP contribution in [0, 0.1) is 5.82 Å². The summed E-state index contributed by atoms with van der Waals surface area (Å²) < 4.78 is 39.2. The van der Waals surface area contributed by atoms with Crippen molar-refractivity contribution in [1.29, 1.82) is 0 Å². The molecule has 0 radical (unpaired) electrons. The molecular formula is C10H11ClFNO2S. The lowest BCUT2D eigenvalue weighted by atomic mass is 10.2. The minimum atomic E-state index is -3.52. The van der Waals surface area contributed by atoms with Crippen LogP contribution in [-0.2, 0) is 15.9 Å². The lowest BCUT2D eigenvalue weighted by Crippen LogP contribution is -2.25. The largest absolute Gasteiger partial charge is 0.240 e. The van der Waals surface area contributed by atoms with E-state index in [9.17, 15) is 12.8 Å². The average Bonchev–Trinajstić information content (AvgIpc) is 3.01. The van der Waals surface area contributed by atoms with E-state index >= 15 is 0 Å². The molecule has 0 saturated heterocycles. The summed E-state index contributed by atoms with van der Waals surface area (Å²) >= 11 is 5.52. The Morgan fingerprint density at radius 1 is 1.44 bits per heavy atom. The molecule has 0 amide bonds. The van der Waals surface area contributed by atoms with Gasteiger partial charge in [0.1, 0.15) is 5.82 Å². The van der Waals surface area contributed by atoms with Crippen molar-refractivity contribution in [2.24, 2.45) is 0 Å². The first-order valence-corrected chi connectivity index (χ1v) is 6.91. The number of hydrogen-bond acceptors (Lipinski definition) is 2. The van der Waals surface area contributed by atoms with Crippen molar-refractivity contribution in [2.45, 2.75) is 29.7 Å². The van der Waals surface area contributed by atoms with Gasteiger partial charge < -0.3 is 0 Å². The fourth-order valence-electron chi connectivity index (χ4n) is 1.31. The average molecular weight is 264 g/mol. The van der Waals surface area contributed by atoms with Crippen molar-refractivity contribution in [2.75, 3.05) is 0 Å². The molecule has 16 heavy (non-hydrogen) atoms. The zero-order valence-corrected chi connectivity index (χ0v) is 9.98. The van der Waals surface area contributed by atoms with Gasteiger partial charge in [-0.15, -0.1) is 11.6 Å². The van der Waals surface area contributed by atoms with Crippen molar-refractivity contribution in [1.82, 2.24) is 4.72 Å². The second-order valence-corrected chi connectivity index (χ2v) is 5.76. The van der Waals surface area contributed by atoms with E-state index in [2.05, 4.69) is 4.72 Å². The van der Waals surface area contributed by atoms with Gasteiger partial charge in [0.15, 0.2) is 0 Å². The van der Waals surface area contributed by atoms with Gasteiger partial charge in [-0.05, 0) is 31.0 Å². The van der Waals surface area contributed by atoms with Gasteiger partial charge in [0, 0.05) is 11.6 Å². The summed E-state index contributed by atoms with van der Waals surface area (Å²) in [5, 5.41) is 0. The third kappa shape index (κ3) is 2.53. The van der Waals surface area contributed by atoms with Crippen LogP contribution in [0.25, 0.3) is 0 Å². The van der Waals surface area contributed by atoms with Gasteiger partial charge in [-0.2, -0.15) is 0 Å². The number of nitrogens with one attached hydrogen (secondary N) is 1. The predicted molar refractivity (Wildman–Crippen MR) is 59.3 cm³/mol. The maximum absolute atomic E-state index is 13.1. The van der Waals surface area contributed by atoms with Gasteiger partial charge in [-0.1, -0.05) is 0 Å². The molecular weight excluding hydrogens is 253 g/mol. The molecule has 6 heteroatoms. The molecule has 0 aromatic heterocycles. The molecule has 1 fully saturated rings.